The van der Waals surface area contributed by atoms with E-state index in [0.717, 1.165) is 22.4 Å². The van der Waals surface area contributed by atoms with Crippen LogP contribution < -0.4 is 5.32 Å². The molecule has 21 heavy (non-hydrogen) atoms. The zero-order valence-corrected chi connectivity index (χ0v) is 13.6. The Morgan fingerprint density at radius 2 is 2.00 bits per heavy atom. The molecule has 0 saturated carbocycles. The molecule has 1 aliphatic heterocycles. The molecule has 2 aromatic rings. The second-order valence-corrected chi connectivity index (χ2v) is 6.35. The van der Waals surface area contributed by atoms with Crippen LogP contribution in [-0.2, 0) is 0 Å². The lowest BCUT2D eigenvalue weighted by Gasteiger charge is -2.19. The summed E-state index contributed by atoms with van der Waals surface area (Å²) in [5.41, 5.74) is 4.91. The normalized spacial score (nSPS) is 17.5. The lowest BCUT2D eigenvalue weighted by atomic mass is 9.88. The van der Waals surface area contributed by atoms with Gasteiger partial charge in [0.2, 0.25) is 0 Å². The molecule has 2 nitrogen and oxygen atoms in total. The van der Waals surface area contributed by atoms with Gasteiger partial charge in [0.1, 0.15) is 0 Å². The summed E-state index contributed by atoms with van der Waals surface area (Å²) < 4.78 is 0. The maximum absolute atomic E-state index is 6.22. The quantitative estimate of drug-likeness (QED) is 0.807. The van der Waals surface area contributed by atoms with Crippen LogP contribution in [0.5, 0.6) is 0 Å². The molecule has 0 saturated heterocycles. The number of rotatable bonds is 1. The van der Waals surface area contributed by atoms with Gasteiger partial charge in [-0.15, -0.1) is 0 Å². The van der Waals surface area contributed by atoms with Crippen molar-refractivity contribution in [2.24, 2.45) is 4.99 Å². The van der Waals surface area contributed by atoms with E-state index in [0.29, 0.717) is 0 Å². The second kappa shape index (κ2) is 6.12. The van der Waals surface area contributed by atoms with Gasteiger partial charge < -0.3 is 5.32 Å². The van der Waals surface area contributed by atoms with Gasteiger partial charge in [-0.05, 0) is 48.1 Å². The molecule has 0 aliphatic carbocycles. The van der Waals surface area contributed by atoms with Gasteiger partial charge in [-0.25, -0.2) is 0 Å². The van der Waals surface area contributed by atoms with E-state index in [1.54, 1.807) is 11.8 Å². The topological polar surface area (TPSA) is 24.4 Å². The molecule has 1 N–H and O–H groups in total. The average molecular weight is 317 g/mol. The minimum Gasteiger partial charge on any atom is -0.335 e. The van der Waals surface area contributed by atoms with Gasteiger partial charge in [0.15, 0.2) is 5.17 Å². The fourth-order valence-corrected chi connectivity index (χ4v) is 3.32. The first-order chi connectivity index (χ1) is 10.2. The Morgan fingerprint density at radius 1 is 1.19 bits per heavy atom. The summed E-state index contributed by atoms with van der Waals surface area (Å²) in [4.78, 5) is 4.71. The number of halogens is 1. The van der Waals surface area contributed by atoms with Crippen molar-refractivity contribution in [2.75, 3.05) is 18.1 Å². The van der Waals surface area contributed by atoms with Crippen molar-refractivity contribution >= 4 is 34.2 Å². The minimum absolute atomic E-state index is 0.233. The van der Waals surface area contributed by atoms with Crippen molar-refractivity contribution in [3.05, 3.63) is 64.2 Å². The Kier molecular flexibility index (Phi) is 4.22. The van der Waals surface area contributed by atoms with E-state index in [1.165, 1.54) is 16.7 Å². The lowest BCUT2D eigenvalue weighted by Crippen LogP contribution is -2.07. The third-order valence-electron chi connectivity index (χ3n) is 3.81. The van der Waals surface area contributed by atoms with Gasteiger partial charge in [0, 0.05) is 16.6 Å². The molecule has 1 heterocycles. The fourth-order valence-electron chi connectivity index (χ4n) is 2.72. The number of nitrogens with zero attached hydrogens (tertiary/aromatic N) is 1. The van der Waals surface area contributed by atoms with Crippen LogP contribution in [0.25, 0.3) is 0 Å². The Hall–Kier alpha value is -1.45. The van der Waals surface area contributed by atoms with E-state index >= 15 is 0 Å². The summed E-state index contributed by atoms with van der Waals surface area (Å²) in [5, 5.41) is 5.13. The third kappa shape index (κ3) is 2.94. The zero-order valence-electron chi connectivity index (χ0n) is 12.1. The third-order valence-corrected chi connectivity index (χ3v) is 4.66. The maximum Gasteiger partial charge on any atom is 0.160 e. The number of fused-ring (bicyclic) bond motifs is 1. The Balaban J connectivity index is 2.14. The summed E-state index contributed by atoms with van der Waals surface area (Å²) in [6, 6.07) is 14.5. The molecule has 0 bridgehead atoms. The highest BCUT2D eigenvalue weighted by Gasteiger charge is 2.22. The van der Waals surface area contributed by atoms with Crippen LogP contribution in [0.4, 0.5) is 5.69 Å². The molecule has 3 rings (SSSR count). The first-order valence-corrected chi connectivity index (χ1v) is 8.49. The molecule has 2 aromatic carbocycles. The monoisotopic (exact) mass is 316 g/mol. The highest BCUT2D eigenvalue weighted by molar-refractivity contribution is 8.13. The summed E-state index contributed by atoms with van der Waals surface area (Å²) in [7, 11) is 0. The standard InChI is InChI=1S/C17H17ClN2S/c1-11-5-3-4-6-13(11)15-10-19-17(21-2)20-16-8-7-12(18)9-14(15)16/h3-9,15H,10H2,1-2H3,(H,19,20). The van der Waals surface area contributed by atoms with Crippen LogP contribution in [0.3, 0.4) is 0 Å². The molecule has 108 valence electrons. The van der Waals surface area contributed by atoms with E-state index < -0.39 is 0 Å². The first-order valence-electron chi connectivity index (χ1n) is 6.89. The Bertz CT molecular complexity index is 697. The van der Waals surface area contributed by atoms with E-state index in [9.17, 15) is 0 Å². The van der Waals surface area contributed by atoms with Crippen molar-refractivity contribution in [1.82, 2.24) is 0 Å². The van der Waals surface area contributed by atoms with Gasteiger partial charge >= 0.3 is 0 Å². The summed E-state index contributed by atoms with van der Waals surface area (Å²) >= 11 is 7.86. The molecule has 1 unspecified atom stereocenters. The summed E-state index contributed by atoms with van der Waals surface area (Å²) in [6.45, 7) is 2.89. The van der Waals surface area contributed by atoms with Gasteiger partial charge in [-0.3, -0.25) is 4.99 Å². The van der Waals surface area contributed by atoms with E-state index in [4.69, 9.17) is 16.6 Å². The van der Waals surface area contributed by atoms with Crippen LogP contribution in [0.1, 0.15) is 22.6 Å². The highest BCUT2D eigenvalue weighted by Crippen LogP contribution is 2.36. The Labute approximate surface area is 134 Å². The number of aliphatic imine (C=N–C) groups is 1. The van der Waals surface area contributed by atoms with Gasteiger partial charge in [0.05, 0.1) is 6.54 Å². The molecular weight excluding hydrogens is 300 g/mol. The van der Waals surface area contributed by atoms with E-state index in [2.05, 4.69) is 42.6 Å². The van der Waals surface area contributed by atoms with Crippen LogP contribution in [0.15, 0.2) is 47.5 Å². The summed E-state index contributed by atoms with van der Waals surface area (Å²) in [5.74, 6) is 0.233. The molecule has 0 radical (unpaired) electrons. The first kappa shape index (κ1) is 14.5. The number of amidine groups is 1. The number of anilines is 1. The van der Waals surface area contributed by atoms with Crippen LogP contribution in [-0.4, -0.2) is 18.0 Å². The smallest absolute Gasteiger partial charge is 0.160 e. The van der Waals surface area contributed by atoms with Gasteiger partial charge in [-0.2, -0.15) is 0 Å². The SMILES string of the molecule is CSC1=NCC(c2ccccc2C)c2cc(Cl)ccc2N1. The number of benzene rings is 2. The molecule has 0 spiro atoms. The molecule has 0 amide bonds. The number of hydrogen-bond donors (Lipinski definition) is 1. The fraction of sp³-hybridized carbons (Fsp3) is 0.235. The number of nitrogens with one attached hydrogen (secondary N) is 1. The van der Waals surface area contributed by atoms with E-state index in [1.807, 2.05) is 18.4 Å². The predicted octanol–water partition coefficient (Wildman–Crippen LogP) is 4.92. The second-order valence-electron chi connectivity index (χ2n) is 5.12. The highest BCUT2D eigenvalue weighted by atomic mass is 35.5. The van der Waals surface area contributed by atoms with Crippen LogP contribution in [0.2, 0.25) is 5.02 Å². The number of thioether (sulfide) groups is 1. The van der Waals surface area contributed by atoms with Crippen molar-refractivity contribution < 1.29 is 0 Å². The molecule has 0 aromatic heterocycles. The van der Waals surface area contributed by atoms with E-state index in [-0.39, 0.29) is 5.92 Å². The number of aryl methyl sites for hydroxylation is 1. The van der Waals surface area contributed by atoms with Gasteiger partial charge in [0.25, 0.3) is 0 Å². The lowest BCUT2D eigenvalue weighted by molar-refractivity contribution is 0.823. The minimum atomic E-state index is 0.233. The summed E-state index contributed by atoms with van der Waals surface area (Å²) in [6.07, 6.45) is 2.04. The number of hydrogen-bond acceptors (Lipinski definition) is 3. The maximum atomic E-state index is 6.22. The van der Waals surface area contributed by atoms with Crippen molar-refractivity contribution in [3.8, 4) is 0 Å². The Morgan fingerprint density at radius 3 is 2.76 bits per heavy atom. The zero-order chi connectivity index (χ0) is 14.8. The largest absolute Gasteiger partial charge is 0.335 e. The van der Waals surface area contributed by atoms with Crippen molar-refractivity contribution in [2.45, 2.75) is 12.8 Å². The van der Waals surface area contributed by atoms with Crippen LogP contribution >= 0.6 is 23.4 Å². The molecule has 4 heteroatoms. The van der Waals surface area contributed by atoms with Crippen molar-refractivity contribution in [3.63, 3.8) is 0 Å². The average Bonchev–Trinajstić information content (AvgIpc) is 2.67. The molecule has 1 aliphatic rings. The molecule has 0 fully saturated rings. The molecular formula is C17H17ClN2S. The van der Waals surface area contributed by atoms with Gasteiger partial charge in [-0.1, -0.05) is 47.6 Å². The predicted molar refractivity (Wildman–Crippen MR) is 93.9 cm³/mol. The van der Waals surface area contributed by atoms with Crippen molar-refractivity contribution in [1.29, 1.82) is 0 Å². The van der Waals surface area contributed by atoms with Crippen LogP contribution in [0, 0.1) is 6.92 Å². The molecule has 1 atom stereocenters.